The summed E-state index contributed by atoms with van der Waals surface area (Å²) < 4.78 is 16.8. The number of ether oxygens (including phenoxy) is 3. The van der Waals surface area contributed by atoms with Gasteiger partial charge < -0.3 is 24.6 Å². The number of methoxy groups -OCH3 is 1. The lowest BCUT2D eigenvalue weighted by molar-refractivity contribution is -0.139. The highest BCUT2D eigenvalue weighted by atomic mass is 16.5. The fraction of sp³-hybridized carbons (Fsp3) is 0.156. The van der Waals surface area contributed by atoms with Crippen molar-refractivity contribution in [3.05, 3.63) is 131 Å². The Morgan fingerprint density at radius 3 is 1.90 bits per heavy atom. The minimum absolute atomic E-state index is 0.00156. The van der Waals surface area contributed by atoms with Gasteiger partial charge in [0.05, 0.1) is 12.7 Å². The number of carboxylic acid groups (broad SMARTS) is 1. The highest BCUT2D eigenvalue weighted by Crippen LogP contribution is 2.30. The number of hydrogen-bond acceptors (Lipinski definition) is 6. The molecule has 0 radical (unpaired) electrons. The van der Waals surface area contributed by atoms with Crippen molar-refractivity contribution in [1.29, 1.82) is 0 Å². The Morgan fingerprint density at radius 1 is 0.700 bits per heavy atom. The smallest absolute Gasteiger partial charge is 0.337 e. The first kappa shape index (κ1) is 27.9. The lowest BCUT2D eigenvalue weighted by Crippen LogP contribution is -2.42. The van der Waals surface area contributed by atoms with Gasteiger partial charge in [-0.1, -0.05) is 72.8 Å². The molecule has 0 aliphatic heterocycles. The molecule has 204 valence electrons. The second-order valence-electron chi connectivity index (χ2n) is 8.97. The maximum Gasteiger partial charge on any atom is 0.337 e. The van der Waals surface area contributed by atoms with Crippen LogP contribution < -0.4 is 14.8 Å². The first-order valence-corrected chi connectivity index (χ1v) is 12.6. The summed E-state index contributed by atoms with van der Waals surface area (Å²) in [6.07, 6.45) is -0.00156. The standard InChI is InChI=1S/C32H29NO7/c1-38-32(37)26-14-8-13-25(19-26)30(34)33-27(31(35)36)17-24-15-16-28(39-20-22-9-4-2-5-10-22)29(18-24)40-21-23-11-6-3-7-12-23/h2-16,18-19,27H,17,20-21H2,1H3,(H,33,34)(H,35,36)/t27-/m0/s1. The summed E-state index contributed by atoms with van der Waals surface area (Å²) in [6, 6.07) is 29.2. The van der Waals surface area contributed by atoms with E-state index in [0.717, 1.165) is 11.1 Å². The molecule has 0 saturated heterocycles. The number of carbonyl (C=O) groups excluding carboxylic acids is 2. The van der Waals surface area contributed by atoms with Crippen LogP contribution in [0, 0.1) is 0 Å². The molecule has 0 unspecified atom stereocenters. The molecule has 8 nitrogen and oxygen atoms in total. The molecule has 1 amide bonds. The van der Waals surface area contributed by atoms with E-state index in [2.05, 4.69) is 5.32 Å². The van der Waals surface area contributed by atoms with Gasteiger partial charge in [0.2, 0.25) is 0 Å². The Hall–Kier alpha value is -5.11. The Balaban J connectivity index is 1.51. The molecule has 0 saturated carbocycles. The molecule has 4 aromatic carbocycles. The van der Waals surface area contributed by atoms with E-state index in [0.29, 0.717) is 30.3 Å². The van der Waals surface area contributed by atoms with E-state index in [9.17, 15) is 19.5 Å². The maximum atomic E-state index is 12.8. The van der Waals surface area contributed by atoms with Crippen molar-refractivity contribution in [2.24, 2.45) is 0 Å². The van der Waals surface area contributed by atoms with Gasteiger partial charge in [-0.3, -0.25) is 4.79 Å². The third kappa shape index (κ3) is 7.70. The van der Waals surface area contributed by atoms with Gasteiger partial charge in [-0.05, 0) is 47.0 Å². The highest BCUT2D eigenvalue weighted by Gasteiger charge is 2.23. The summed E-state index contributed by atoms with van der Waals surface area (Å²) in [6.45, 7) is 0.627. The first-order valence-electron chi connectivity index (χ1n) is 12.6. The monoisotopic (exact) mass is 539 g/mol. The van der Waals surface area contributed by atoms with E-state index in [1.807, 2.05) is 60.7 Å². The van der Waals surface area contributed by atoms with Crippen LogP contribution in [0.25, 0.3) is 0 Å². The molecule has 40 heavy (non-hydrogen) atoms. The van der Waals surface area contributed by atoms with E-state index in [-0.39, 0.29) is 17.5 Å². The number of aliphatic carboxylic acids is 1. The highest BCUT2D eigenvalue weighted by molar-refractivity contribution is 5.99. The van der Waals surface area contributed by atoms with Crippen LogP contribution in [0.3, 0.4) is 0 Å². The van der Waals surface area contributed by atoms with Crippen molar-refractivity contribution in [3.8, 4) is 11.5 Å². The second kappa shape index (κ2) is 13.6. The summed E-state index contributed by atoms with van der Waals surface area (Å²) in [4.78, 5) is 36.7. The third-order valence-corrected chi connectivity index (χ3v) is 6.07. The molecule has 0 aliphatic carbocycles. The number of amides is 1. The first-order chi connectivity index (χ1) is 19.4. The number of esters is 1. The molecule has 0 aromatic heterocycles. The van der Waals surface area contributed by atoms with Crippen LogP contribution in [0.4, 0.5) is 0 Å². The largest absolute Gasteiger partial charge is 0.485 e. The summed E-state index contributed by atoms with van der Waals surface area (Å²) in [7, 11) is 1.24. The Bertz CT molecular complexity index is 1450. The molecule has 0 bridgehead atoms. The fourth-order valence-corrected chi connectivity index (χ4v) is 3.96. The quantitative estimate of drug-likeness (QED) is 0.242. The third-order valence-electron chi connectivity index (χ3n) is 6.07. The van der Waals surface area contributed by atoms with Gasteiger partial charge in [0.15, 0.2) is 11.5 Å². The molecular formula is C32H29NO7. The van der Waals surface area contributed by atoms with E-state index >= 15 is 0 Å². The molecule has 2 N–H and O–H groups in total. The van der Waals surface area contributed by atoms with Gasteiger partial charge in [0, 0.05) is 12.0 Å². The van der Waals surface area contributed by atoms with Crippen molar-refractivity contribution in [1.82, 2.24) is 5.32 Å². The van der Waals surface area contributed by atoms with Crippen LogP contribution in [-0.2, 0) is 29.2 Å². The molecular weight excluding hydrogens is 510 g/mol. The van der Waals surface area contributed by atoms with Gasteiger partial charge in [0.1, 0.15) is 19.3 Å². The van der Waals surface area contributed by atoms with Crippen LogP contribution >= 0.6 is 0 Å². The number of benzene rings is 4. The summed E-state index contributed by atoms with van der Waals surface area (Å²) in [5.74, 6) is -1.45. The number of hydrogen-bond donors (Lipinski definition) is 2. The summed E-state index contributed by atoms with van der Waals surface area (Å²) in [5.41, 5.74) is 2.92. The molecule has 0 aliphatic rings. The average molecular weight is 540 g/mol. The number of nitrogens with one attached hydrogen (secondary N) is 1. The van der Waals surface area contributed by atoms with Crippen LogP contribution in [0.1, 0.15) is 37.4 Å². The lowest BCUT2D eigenvalue weighted by atomic mass is 10.0. The average Bonchev–Trinajstić information content (AvgIpc) is 2.99. The van der Waals surface area contributed by atoms with E-state index in [1.54, 1.807) is 18.2 Å². The van der Waals surface area contributed by atoms with Crippen LogP contribution in [0.5, 0.6) is 11.5 Å². The van der Waals surface area contributed by atoms with Crippen molar-refractivity contribution in [3.63, 3.8) is 0 Å². The Morgan fingerprint density at radius 2 is 1.30 bits per heavy atom. The van der Waals surface area contributed by atoms with Gasteiger partial charge >= 0.3 is 11.9 Å². The Labute approximate surface area is 232 Å². The normalized spacial score (nSPS) is 11.2. The molecule has 0 heterocycles. The predicted molar refractivity (Wildman–Crippen MR) is 148 cm³/mol. The second-order valence-corrected chi connectivity index (χ2v) is 8.97. The van der Waals surface area contributed by atoms with Crippen molar-refractivity contribution in [2.45, 2.75) is 25.7 Å². The molecule has 4 aromatic rings. The predicted octanol–water partition coefficient (Wildman–Crippen LogP) is 5.06. The van der Waals surface area contributed by atoms with Crippen LogP contribution in [0.15, 0.2) is 103 Å². The maximum absolute atomic E-state index is 12.8. The topological polar surface area (TPSA) is 111 Å². The molecule has 0 spiro atoms. The Kier molecular flexibility index (Phi) is 9.50. The molecule has 0 fully saturated rings. The fourth-order valence-electron chi connectivity index (χ4n) is 3.96. The number of carbonyl (C=O) groups is 3. The van der Waals surface area contributed by atoms with E-state index in [1.165, 1.54) is 31.4 Å². The van der Waals surface area contributed by atoms with Crippen molar-refractivity contribution >= 4 is 17.8 Å². The molecule has 8 heteroatoms. The zero-order chi connectivity index (χ0) is 28.3. The zero-order valence-corrected chi connectivity index (χ0v) is 21.9. The zero-order valence-electron chi connectivity index (χ0n) is 21.9. The molecule has 1 atom stereocenters. The lowest BCUT2D eigenvalue weighted by Gasteiger charge is -2.18. The summed E-state index contributed by atoms with van der Waals surface area (Å²) in [5, 5.41) is 12.4. The minimum Gasteiger partial charge on any atom is -0.485 e. The van der Waals surface area contributed by atoms with E-state index < -0.39 is 23.9 Å². The van der Waals surface area contributed by atoms with Crippen molar-refractivity contribution < 1.29 is 33.7 Å². The van der Waals surface area contributed by atoms with E-state index in [4.69, 9.17) is 14.2 Å². The summed E-state index contributed by atoms with van der Waals surface area (Å²) >= 11 is 0. The van der Waals surface area contributed by atoms with Crippen molar-refractivity contribution in [2.75, 3.05) is 7.11 Å². The minimum atomic E-state index is -1.23. The number of rotatable bonds is 12. The number of carboxylic acids is 1. The van der Waals surface area contributed by atoms with Gasteiger partial charge in [-0.2, -0.15) is 0 Å². The van der Waals surface area contributed by atoms with Crippen LogP contribution in [-0.4, -0.2) is 36.1 Å². The molecule has 4 rings (SSSR count). The van der Waals surface area contributed by atoms with Crippen LogP contribution in [0.2, 0.25) is 0 Å². The van der Waals surface area contributed by atoms with Gasteiger partial charge in [-0.25, -0.2) is 9.59 Å². The van der Waals surface area contributed by atoms with Gasteiger partial charge in [-0.15, -0.1) is 0 Å². The SMILES string of the molecule is COC(=O)c1cccc(C(=O)N[C@@H](Cc2ccc(OCc3ccccc3)c(OCc3ccccc3)c2)C(=O)O)c1. The van der Waals surface area contributed by atoms with Gasteiger partial charge in [0.25, 0.3) is 5.91 Å².